The maximum absolute atomic E-state index is 9.85. The normalized spacial score (nSPS) is 12.0. The minimum absolute atomic E-state index is 0.233. The third kappa shape index (κ3) is 5.70. The quantitative estimate of drug-likeness (QED) is 0.643. The molecule has 6 nitrogen and oxygen atoms in total. The summed E-state index contributed by atoms with van der Waals surface area (Å²) in [6.45, 7) is 1.46. The van der Waals surface area contributed by atoms with E-state index < -0.39 is 6.10 Å². The Morgan fingerprint density at radius 3 is 2.78 bits per heavy atom. The first-order valence-corrected chi connectivity index (χ1v) is 8.23. The molecule has 23 heavy (non-hydrogen) atoms. The van der Waals surface area contributed by atoms with E-state index in [9.17, 15) is 5.11 Å². The summed E-state index contributed by atoms with van der Waals surface area (Å²) in [5.41, 5.74) is 1.14. The first-order chi connectivity index (χ1) is 11.2. The van der Waals surface area contributed by atoms with Gasteiger partial charge in [-0.25, -0.2) is 4.98 Å². The lowest BCUT2D eigenvalue weighted by atomic mass is 10.1. The van der Waals surface area contributed by atoms with Crippen molar-refractivity contribution >= 4 is 11.3 Å². The summed E-state index contributed by atoms with van der Waals surface area (Å²) in [5, 5.41) is 15.5. The molecule has 0 saturated carbocycles. The third-order valence-corrected chi connectivity index (χ3v) is 3.91. The van der Waals surface area contributed by atoms with Gasteiger partial charge in [-0.15, -0.1) is 0 Å². The number of nitrogens with one attached hydrogen (secondary N) is 1. The van der Waals surface area contributed by atoms with E-state index in [1.165, 1.54) is 11.3 Å². The average molecular weight is 338 g/mol. The minimum Gasteiger partial charge on any atom is -0.493 e. The third-order valence-electron chi connectivity index (χ3n) is 3.23. The largest absolute Gasteiger partial charge is 0.493 e. The Kier molecular flexibility index (Phi) is 7.12. The van der Waals surface area contributed by atoms with Gasteiger partial charge < -0.3 is 24.6 Å². The molecule has 0 aliphatic carbocycles. The van der Waals surface area contributed by atoms with Crippen LogP contribution < -0.4 is 19.5 Å². The van der Waals surface area contributed by atoms with Crippen LogP contribution in [0.5, 0.6) is 16.7 Å². The number of thiazole rings is 1. The Labute approximate surface area is 140 Å². The van der Waals surface area contributed by atoms with Crippen molar-refractivity contribution < 1.29 is 19.3 Å². The number of rotatable bonds is 10. The predicted octanol–water partition coefficient (Wildman–Crippen LogP) is 1.73. The maximum Gasteiger partial charge on any atom is 0.273 e. The van der Waals surface area contributed by atoms with E-state index in [2.05, 4.69) is 10.3 Å². The second-order valence-electron chi connectivity index (χ2n) is 4.91. The second-order valence-corrected chi connectivity index (χ2v) is 5.76. The lowest BCUT2D eigenvalue weighted by molar-refractivity contribution is 0.106. The van der Waals surface area contributed by atoms with Gasteiger partial charge in [-0.1, -0.05) is 17.4 Å². The monoisotopic (exact) mass is 338 g/mol. The second kappa shape index (κ2) is 9.34. The van der Waals surface area contributed by atoms with Crippen LogP contribution in [0.2, 0.25) is 0 Å². The van der Waals surface area contributed by atoms with E-state index in [0.29, 0.717) is 11.7 Å². The van der Waals surface area contributed by atoms with Gasteiger partial charge in [0.2, 0.25) is 0 Å². The fourth-order valence-electron chi connectivity index (χ4n) is 2.05. The lowest BCUT2D eigenvalue weighted by Crippen LogP contribution is -2.32. The Balaban J connectivity index is 1.66. The first kappa shape index (κ1) is 17.5. The van der Waals surface area contributed by atoms with Crippen LogP contribution in [0.3, 0.4) is 0 Å². The molecular formula is C16H22N2O4S. The van der Waals surface area contributed by atoms with E-state index in [1.54, 1.807) is 20.4 Å². The minimum atomic E-state index is -0.565. The number of hydrogen-bond donors (Lipinski definition) is 2. The Bertz CT molecular complexity index is 577. The molecule has 0 bridgehead atoms. The van der Waals surface area contributed by atoms with Crippen molar-refractivity contribution in [2.45, 2.75) is 12.5 Å². The van der Waals surface area contributed by atoms with Crippen molar-refractivity contribution in [3.63, 3.8) is 0 Å². The first-order valence-electron chi connectivity index (χ1n) is 7.35. The number of aliphatic hydroxyl groups excluding tert-OH is 1. The highest BCUT2D eigenvalue weighted by molar-refractivity contribution is 7.11. The van der Waals surface area contributed by atoms with Crippen LogP contribution in [-0.2, 0) is 6.42 Å². The Morgan fingerprint density at radius 2 is 2.09 bits per heavy atom. The van der Waals surface area contributed by atoms with Gasteiger partial charge in [0, 0.05) is 18.1 Å². The van der Waals surface area contributed by atoms with E-state index in [4.69, 9.17) is 14.2 Å². The molecule has 2 N–H and O–H groups in total. The van der Waals surface area contributed by atoms with Gasteiger partial charge >= 0.3 is 0 Å². The van der Waals surface area contributed by atoms with Crippen molar-refractivity contribution in [2.75, 3.05) is 33.9 Å². The predicted molar refractivity (Wildman–Crippen MR) is 89.7 cm³/mol. The highest BCUT2D eigenvalue weighted by atomic mass is 32.1. The molecule has 0 amide bonds. The standard InChI is InChI=1S/C16H22N2O4S/c1-20-14-4-3-12(9-15(14)21-2)5-6-17-10-13(19)11-22-16-18-7-8-23-16/h3-4,7-9,13,17,19H,5-6,10-11H2,1-2H3. The highest BCUT2D eigenvalue weighted by Crippen LogP contribution is 2.27. The summed E-state index contributed by atoms with van der Waals surface area (Å²) in [6, 6.07) is 5.86. The summed E-state index contributed by atoms with van der Waals surface area (Å²) in [4.78, 5) is 4.00. The van der Waals surface area contributed by atoms with Crippen LogP contribution in [0.1, 0.15) is 5.56 Å². The molecule has 0 radical (unpaired) electrons. The van der Waals surface area contributed by atoms with Gasteiger partial charge in [0.1, 0.15) is 12.7 Å². The van der Waals surface area contributed by atoms with Crippen molar-refractivity contribution in [3.05, 3.63) is 35.3 Å². The van der Waals surface area contributed by atoms with Crippen LogP contribution >= 0.6 is 11.3 Å². The summed E-state index contributed by atoms with van der Waals surface area (Å²) in [5.74, 6) is 1.45. The van der Waals surface area contributed by atoms with E-state index in [0.717, 1.165) is 30.0 Å². The number of benzene rings is 1. The molecule has 0 fully saturated rings. The van der Waals surface area contributed by atoms with Crippen LogP contribution in [-0.4, -0.2) is 50.1 Å². The summed E-state index contributed by atoms with van der Waals surface area (Å²) in [7, 11) is 3.24. The smallest absolute Gasteiger partial charge is 0.273 e. The summed E-state index contributed by atoms with van der Waals surface area (Å²) >= 11 is 1.41. The number of methoxy groups -OCH3 is 2. The van der Waals surface area contributed by atoms with Crippen molar-refractivity contribution in [3.8, 4) is 16.7 Å². The zero-order chi connectivity index (χ0) is 16.5. The SMILES string of the molecule is COc1ccc(CCNCC(O)COc2nccs2)cc1OC. The molecule has 0 aliphatic rings. The number of nitrogens with zero attached hydrogens (tertiary/aromatic N) is 1. The number of aromatic nitrogens is 1. The molecule has 126 valence electrons. The van der Waals surface area contributed by atoms with Gasteiger partial charge in [-0.05, 0) is 30.7 Å². The topological polar surface area (TPSA) is 72.8 Å². The molecule has 0 aliphatic heterocycles. The van der Waals surface area contributed by atoms with Crippen LogP contribution in [0.25, 0.3) is 0 Å². The molecule has 1 unspecified atom stereocenters. The van der Waals surface area contributed by atoms with Gasteiger partial charge in [-0.3, -0.25) is 0 Å². The molecule has 0 saturated heterocycles. The summed E-state index contributed by atoms with van der Waals surface area (Å²) in [6.07, 6.45) is 1.94. The molecule has 1 aromatic carbocycles. The van der Waals surface area contributed by atoms with Crippen molar-refractivity contribution in [1.29, 1.82) is 0 Å². The number of aliphatic hydroxyl groups is 1. The Hall–Kier alpha value is -1.83. The fraction of sp³-hybridized carbons (Fsp3) is 0.438. The molecule has 0 spiro atoms. The average Bonchev–Trinajstić information content (AvgIpc) is 3.10. The molecule has 2 rings (SSSR count). The zero-order valence-corrected chi connectivity index (χ0v) is 14.1. The van der Waals surface area contributed by atoms with Gasteiger partial charge in [0.05, 0.1) is 14.2 Å². The van der Waals surface area contributed by atoms with Crippen molar-refractivity contribution in [1.82, 2.24) is 10.3 Å². The van der Waals surface area contributed by atoms with Crippen LogP contribution in [0.15, 0.2) is 29.8 Å². The highest BCUT2D eigenvalue weighted by Gasteiger charge is 2.07. The van der Waals surface area contributed by atoms with E-state index in [-0.39, 0.29) is 6.61 Å². The van der Waals surface area contributed by atoms with Gasteiger partial charge in [-0.2, -0.15) is 0 Å². The molecule has 1 aromatic heterocycles. The molecule has 1 heterocycles. The summed E-state index contributed by atoms with van der Waals surface area (Å²) < 4.78 is 15.9. The molecular weight excluding hydrogens is 316 g/mol. The fourth-order valence-corrected chi connectivity index (χ4v) is 2.54. The van der Waals surface area contributed by atoms with Gasteiger partial charge in [0.25, 0.3) is 5.19 Å². The molecule has 1 atom stereocenters. The van der Waals surface area contributed by atoms with E-state index in [1.807, 2.05) is 23.6 Å². The van der Waals surface area contributed by atoms with Crippen molar-refractivity contribution in [2.24, 2.45) is 0 Å². The van der Waals surface area contributed by atoms with E-state index >= 15 is 0 Å². The van der Waals surface area contributed by atoms with Crippen LogP contribution in [0.4, 0.5) is 0 Å². The number of hydrogen-bond acceptors (Lipinski definition) is 7. The molecule has 7 heteroatoms. The Morgan fingerprint density at radius 1 is 1.26 bits per heavy atom. The molecule has 2 aromatic rings. The van der Waals surface area contributed by atoms with Gasteiger partial charge in [0.15, 0.2) is 11.5 Å². The van der Waals surface area contributed by atoms with Crippen LogP contribution in [0, 0.1) is 0 Å². The maximum atomic E-state index is 9.85. The lowest BCUT2D eigenvalue weighted by Gasteiger charge is -2.12. The zero-order valence-electron chi connectivity index (χ0n) is 13.3. The number of ether oxygens (including phenoxy) is 3.